The van der Waals surface area contributed by atoms with Crippen LogP contribution in [0, 0.1) is 29.6 Å². The molecule has 3 N–H and O–H groups in total. The molecule has 4 aliphatic rings. The van der Waals surface area contributed by atoms with Gasteiger partial charge in [0, 0.05) is 6.20 Å². The van der Waals surface area contributed by atoms with Crippen LogP contribution in [0.25, 0.3) is 0 Å². The van der Waals surface area contributed by atoms with Gasteiger partial charge in [-0.3, -0.25) is 0 Å². The van der Waals surface area contributed by atoms with Gasteiger partial charge in [-0.2, -0.15) is 13.2 Å². The number of rotatable bonds is 6. The molecule has 0 spiro atoms. The lowest BCUT2D eigenvalue weighted by atomic mass is 9.73. The number of aliphatic hydroxyl groups is 2. The van der Waals surface area contributed by atoms with E-state index in [1.807, 2.05) is 0 Å². The molecule has 3 saturated carbocycles. The maximum absolute atomic E-state index is 12.9. The van der Waals surface area contributed by atoms with Gasteiger partial charge in [-0.25, -0.2) is 9.97 Å². The number of hydrogen-bond acceptors (Lipinski definition) is 6. The van der Waals surface area contributed by atoms with Crippen LogP contribution in [0.2, 0.25) is 0 Å². The number of nitrogens with zero attached hydrogens (tertiary/aromatic N) is 2. The Balaban J connectivity index is 1.09. The van der Waals surface area contributed by atoms with Crippen molar-refractivity contribution in [1.29, 1.82) is 0 Å². The molecule has 4 fully saturated rings. The summed E-state index contributed by atoms with van der Waals surface area (Å²) in [6, 6.07) is 0.558. The van der Waals surface area contributed by atoms with Crippen LogP contribution in [0.3, 0.4) is 0 Å². The van der Waals surface area contributed by atoms with E-state index in [1.54, 1.807) is 0 Å². The predicted octanol–water partition coefficient (Wildman–Crippen LogP) is 5.20. The van der Waals surface area contributed by atoms with Gasteiger partial charge in [-0.05, 0) is 67.8 Å². The van der Waals surface area contributed by atoms with Crippen molar-refractivity contribution < 1.29 is 28.1 Å². The van der Waals surface area contributed by atoms with E-state index in [9.17, 15) is 23.4 Å². The number of alkyl halides is 3. The first-order chi connectivity index (χ1) is 17.3. The van der Waals surface area contributed by atoms with Crippen LogP contribution < -0.4 is 5.32 Å². The summed E-state index contributed by atoms with van der Waals surface area (Å²) >= 11 is 0. The zero-order valence-electron chi connectivity index (χ0n) is 20.9. The Hall–Kier alpha value is -1.45. The molecule has 0 amide bonds. The maximum atomic E-state index is 12.9. The molecular weight excluding hydrogens is 471 g/mol. The summed E-state index contributed by atoms with van der Waals surface area (Å²) < 4.78 is 44.7. The molecule has 0 bridgehead atoms. The Labute approximate surface area is 211 Å². The molecule has 6 nitrogen and oxygen atoms in total. The van der Waals surface area contributed by atoms with E-state index in [2.05, 4.69) is 15.3 Å². The lowest BCUT2D eigenvalue weighted by Crippen LogP contribution is -2.57. The number of nitrogens with one attached hydrogen (secondary N) is 1. The first-order valence-electron chi connectivity index (χ1n) is 13.9. The summed E-state index contributed by atoms with van der Waals surface area (Å²) in [4.78, 5) is 6.74. The highest BCUT2D eigenvalue weighted by Gasteiger charge is 2.45. The molecule has 0 aromatic carbocycles. The second kappa shape index (κ2) is 11.1. The summed E-state index contributed by atoms with van der Waals surface area (Å²) in [5.41, 5.74) is 0. The van der Waals surface area contributed by atoms with Crippen molar-refractivity contribution >= 4 is 5.82 Å². The number of hydrogen-bond donors (Lipinski definition) is 3. The van der Waals surface area contributed by atoms with Crippen LogP contribution in [0.5, 0.6) is 0 Å². The minimum atomic E-state index is -4.65. The van der Waals surface area contributed by atoms with Crippen LogP contribution in [0.1, 0.15) is 82.9 Å². The Kier molecular flexibility index (Phi) is 8.08. The topological polar surface area (TPSA) is 87.5 Å². The predicted molar refractivity (Wildman–Crippen MR) is 129 cm³/mol. The van der Waals surface area contributed by atoms with Gasteiger partial charge in [0.1, 0.15) is 18.0 Å². The third-order valence-electron chi connectivity index (χ3n) is 9.48. The van der Waals surface area contributed by atoms with Crippen LogP contribution in [-0.4, -0.2) is 51.1 Å². The largest absolute Gasteiger partial charge is 0.451 e. The SMILES string of the molecule is O[C@@H]1[C@@H](Nc2ccnc(C(F)(F)F)n2)COC(C2CCC(CC3CCC(C4CCCC4)CC3)C2)[C@@H]1O. The number of anilines is 1. The van der Waals surface area contributed by atoms with Gasteiger partial charge in [-0.15, -0.1) is 0 Å². The highest BCUT2D eigenvalue weighted by molar-refractivity contribution is 5.35. The Morgan fingerprint density at radius 1 is 0.889 bits per heavy atom. The first-order valence-corrected chi connectivity index (χ1v) is 13.9. The first kappa shape index (κ1) is 26.2. The molecule has 36 heavy (non-hydrogen) atoms. The van der Waals surface area contributed by atoms with Gasteiger partial charge in [0.15, 0.2) is 0 Å². The number of ether oxygens (including phenoxy) is 1. The lowest BCUT2D eigenvalue weighted by Gasteiger charge is -2.40. The van der Waals surface area contributed by atoms with Crippen LogP contribution in [0.15, 0.2) is 12.3 Å². The van der Waals surface area contributed by atoms with Crippen molar-refractivity contribution in [2.24, 2.45) is 29.6 Å². The lowest BCUT2D eigenvalue weighted by molar-refractivity contribution is -0.158. The van der Waals surface area contributed by atoms with E-state index in [4.69, 9.17) is 4.74 Å². The Bertz CT molecular complexity index is 858. The molecule has 3 aliphatic carbocycles. The standard InChI is InChI=1S/C27H40F3N3O3/c28-27(29,30)26-31-12-11-22(33-26)32-21-15-36-25(24(35)23(21)34)20-10-7-17(14-20)13-16-5-8-19(9-6-16)18-3-1-2-4-18/h11-12,16-21,23-25,34-35H,1-10,13-15H2,(H,31,32,33)/t16?,17?,19?,20?,21-,23+,24+,25?/m0/s1. The molecule has 1 aliphatic heterocycles. The van der Waals surface area contributed by atoms with Crippen molar-refractivity contribution in [3.63, 3.8) is 0 Å². The number of aliphatic hydroxyl groups excluding tert-OH is 2. The van der Waals surface area contributed by atoms with E-state index in [0.29, 0.717) is 5.92 Å². The molecule has 9 heteroatoms. The Morgan fingerprint density at radius 3 is 2.28 bits per heavy atom. The zero-order chi connectivity index (χ0) is 25.3. The van der Waals surface area contributed by atoms with Crippen molar-refractivity contribution in [1.82, 2.24) is 9.97 Å². The normalized spacial score (nSPS) is 38.4. The van der Waals surface area contributed by atoms with E-state index < -0.39 is 36.4 Å². The summed E-state index contributed by atoms with van der Waals surface area (Å²) in [5.74, 6) is 2.30. The quantitative estimate of drug-likeness (QED) is 0.487. The summed E-state index contributed by atoms with van der Waals surface area (Å²) in [7, 11) is 0. The molecular formula is C27H40F3N3O3. The fourth-order valence-electron chi connectivity index (χ4n) is 7.57. The minimum Gasteiger partial charge on any atom is -0.388 e. The van der Waals surface area contributed by atoms with E-state index in [-0.39, 0.29) is 18.3 Å². The third-order valence-corrected chi connectivity index (χ3v) is 9.48. The minimum absolute atomic E-state index is 0.0563. The van der Waals surface area contributed by atoms with Gasteiger partial charge in [-0.1, -0.05) is 44.9 Å². The monoisotopic (exact) mass is 511 g/mol. The molecule has 1 aromatic heterocycles. The van der Waals surface area contributed by atoms with E-state index in [0.717, 1.165) is 43.2 Å². The van der Waals surface area contributed by atoms with Crippen LogP contribution in [-0.2, 0) is 10.9 Å². The van der Waals surface area contributed by atoms with E-state index >= 15 is 0 Å². The van der Waals surface area contributed by atoms with Crippen molar-refractivity contribution in [3.05, 3.63) is 18.1 Å². The smallest absolute Gasteiger partial charge is 0.388 e. The highest BCUT2D eigenvalue weighted by Crippen LogP contribution is 2.45. The number of halogens is 3. The van der Waals surface area contributed by atoms with Gasteiger partial charge in [0.05, 0.1) is 18.8 Å². The maximum Gasteiger partial charge on any atom is 0.451 e. The highest BCUT2D eigenvalue weighted by atomic mass is 19.4. The van der Waals surface area contributed by atoms with E-state index in [1.165, 1.54) is 63.9 Å². The average molecular weight is 512 g/mol. The van der Waals surface area contributed by atoms with Gasteiger partial charge >= 0.3 is 6.18 Å². The fourth-order valence-corrected chi connectivity index (χ4v) is 7.57. The van der Waals surface area contributed by atoms with Crippen LogP contribution >= 0.6 is 0 Å². The molecule has 3 unspecified atom stereocenters. The van der Waals surface area contributed by atoms with Gasteiger partial charge in [0.2, 0.25) is 5.82 Å². The second-order valence-electron chi connectivity index (χ2n) is 11.8. The number of aromatic nitrogens is 2. The molecule has 5 rings (SSSR count). The molecule has 1 aromatic rings. The van der Waals surface area contributed by atoms with Gasteiger partial charge < -0.3 is 20.3 Å². The Morgan fingerprint density at radius 2 is 1.56 bits per heavy atom. The molecule has 2 heterocycles. The fraction of sp³-hybridized carbons (Fsp3) is 0.852. The molecule has 202 valence electrons. The van der Waals surface area contributed by atoms with Crippen molar-refractivity contribution in [3.8, 4) is 0 Å². The van der Waals surface area contributed by atoms with Crippen molar-refractivity contribution in [2.45, 2.75) is 108 Å². The zero-order valence-corrected chi connectivity index (χ0v) is 20.9. The summed E-state index contributed by atoms with van der Waals surface area (Å²) in [5, 5.41) is 24.4. The van der Waals surface area contributed by atoms with Gasteiger partial charge in [0.25, 0.3) is 0 Å². The third kappa shape index (κ3) is 5.99. The summed E-state index contributed by atoms with van der Waals surface area (Å²) in [6.07, 6.45) is 9.31. The molecule has 0 radical (unpaired) electrons. The van der Waals surface area contributed by atoms with Crippen molar-refractivity contribution in [2.75, 3.05) is 11.9 Å². The average Bonchev–Trinajstić information content (AvgIpc) is 3.55. The molecule has 6 atom stereocenters. The molecule has 1 saturated heterocycles. The second-order valence-corrected chi connectivity index (χ2v) is 11.8. The van der Waals surface area contributed by atoms with Crippen LogP contribution in [0.4, 0.5) is 19.0 Å². The summed E-state index contributed by atoms with van der Waals surface area (Å²) in [6.45, 7) is 0.0978.